The van der Waals surface area contributed by atoms with Crippen LogP contribution in [-0.4, -0.2) is 29.5 Å². The Bertz CT molecular complexity index is 876. The monoisotopic (exact) mass is 466 g/mol. The van der Waals surface area contributed by atoms with Gasteiger partial charge >= 0.3 is 0 Å². The van der Waals surface area contributed by atoms with Crippen LogP contribution in [-0.2, 0) is 27.1 Å². The number of hydrogen-bond acceptors (Lipinski definition) is 4. The number of hydrogen-bond donors (Lipinski definition) is 1. The molecule has 7 unspecified atom stereocenters. The standard InChI is InChI=1S/C30H42O4/c1-5-8-21-11-15-23(16-12-21)27-19-25-28(20(4)31)33-30(34-29(25)26(32-27)10-7-3)24-17-13-22(9-6-2)14-18-24/h11-18,20,25-31H,5-10,19H2,1-4H3. The quantitative estimate of drug-likeness (QED) is 0.447. The van der Waals surface area contributed by atoms with Gasteiger partial charge in [0.1, 0.15) is 0 Å². The fourth-order valence-corrected chi connectivity index (χ4v) is 5.61. The third-order valence-corrected chi connectivity index (χ3v) is 7.33. The summed E-state index contributed by atoms with van der Waals surface area (Å²) >= 11 is 0. The molecule has 0 radical (unpaired) electrons. The molecule has 4 rings (SSSR count). The van der Waals surface area contributed by atoms with E-state index in [-0.39, 0.29) is 30.3 Å². The second-order valence-corrected chi connectivity index (χ2v) is 10.1. The van der Waals surface area contributed by atoms with Crippen LogP contribution in [0.1, 0.15) is 94.4 Å². The molecule has 7 atom stereocenters. The third kappa shape index (κ3) is 5.73. The maximum absolute atomic E-state index is 10.7. The minimum atomic E-state index is -0.578. The maximum atomic E-state index is 10.7. The van der Waals surface area contributed by atoms with Crippen LogP contribution in [0.4, 0.5) is 0 Å². The first kappa shape index (κ1) is 25.4. The lowest BCUT2D eigenvalue weighted by molar-refractivity contribution is -0.330. The fraction of sp³-hybridized carbons (Fsp3) is 0.600. The molecule has 0 amide bonds. The van der Waals surface area contributed by atoms with Crippen LogP contribution in [0.5, 0.6) is 0 Å². The summed E-state index contributed by atoms with van der Waals surface area (Å²) < 4.78 is 19.7. The first-order valence-corrected chi connectivity index (χ1v) is 13.4. The first-order chi connectivity index (χ1) is 16.5. The Morgan fingerprint density at radius 2 is 1.38 bits per heavy atom. The highest BCUT2D eigenvalue weighted by Gasteiger charge is 2.49. The average Bonchev–Trinajstić information content (AvgIpc) is 2.85. The largest absolute Gasteiger partial charge is 0.391 e. The summed E-state index contributed by atoms with van der Waals surface area (Å²) in [6.45, 7) is 8.43. The van der Waals surface area contributed by atoms with Crippen molar-refractivity contribution in [1.82, 2.24) is 0 Å². The van der Waals surface area contributed by atoms with Crippen LogP contribution < -0.4 is 0 Å². The van der Waals surface area contributed by atoms with Crippen molar-refractivity contribution in [2.24, 2.45) is 5.92 Å². The van der Waals surface area contributed by atoms with E-state index in [1.165, 1.54) is 16.7 Å². The van der Waals surface area contributed by atoms with Gasteiger partial charge in [0, 0.05) is 11.5 Å². The first-order valence-electron chi connectivity index (χ1n) is 13.4. The zero-order valence-electron chi connectivity index (χ0n) is 21.3. The van der Waals surface area contributed by atoms with E-state index in [1.807, 2.05) is 6.92 Å². The minimum Gasteiger partial charge on any atom is -0.391 e. The van der Waals surface area contributed by atoms with E-state index in [9.17, 15) is 5.11 Å². The van der Waals surface area contributed by atoms with Crippen LogP contribution in [0.2, 0.25) is 0 Å². The minimum absolute atomic E-state index is 0.00759. The number of fused-ring (bicyclic) bond motifs is 1. The van der Waals surface area contributed by atoms with Crippen molar-refractivity contribution in [3.05, 3.63) is 70.8 Å². The van der Waals surface area contributed by atoms with Crippen molar-refractivity contribution < 1.29 is 19.3 Å². The van der Waals surface area contributed by atoms with Crippen molar-refractivity contribution in [2.75, 3.05) is 0 Å². The molecule has 4 heteroatoms. The van der Waals surface area contributed by atoms with Gasteiger partial charge in [-0.1, -0.05) is 88.6 Å². The number of benzene rings is 2. The zero-order chi connectivity index (χ0) is 24.1. The topological polar surface area (TPSA) is 47.9 Å². The summed E-state index contributed by atoms with van der Waals surface area (Å²) in [5, 5.41) is 10.7. The van der Waals surface area contributed by atoms with Gasteiger partial charge < -0.3 is 19.3 Å². The maximum Gasteiger partial charge on any atom is 0.184 e. The van der Waals surface area contributed by atoms with E-state index in [4.69, 9.17) is 14.2 Å². The number of aliphatic hydroxyl groups excluding tert-OH is 1. The van der Waals surface area contributed by atoms with Gasteiger partial charge in [-0.15, -0.1) is 0 Å². The number of ether oxygens (including phenoxy) is 3. The zero-order valence-corrected chi connectivity index (χ0v) is 21.3. The molecule has 1 N–H and O–H groups in total. The molecule has 2 aliphatic rings. The van der Waals surface area contributed by atoms with Gasteiger partial charge in [0.05, 0.1) is 30.5 Å². The van der Waals surface area contributed by atoms with Crippen molar-refractivity contribution in [2.45, 2.75) is 109 Å². The second-order valence-electron chi connectivity index (χ2n) is 10.1. The van der Waals surface area contributed by atoms with Gasteiger partial charge in [0.25, 0.3) is 0 Å². The lowest BCUT2D eigenvalue weighted by atomic mass is 9.79. The van der Waals surface area contributed by atoms with Crippen molar-refractivity contribution in [3.63, 3.8) is 0 Å². The lowest BCUT2D eigenvalue weighted by Gasteiger charge is -2.50. The predicted octanol–water partition coefficient (Wildman–Crippen LogP) is 6.70. The Balaban J connectivity index is 1.57. The number of aliphatic hydroxyl groups is 1. The molecular weight excluding hydrogens is 424 g/mol. The highest BCUT2D eigenvalue weighted by atomic mass is 16.7. The summed E-state index contributed by atoms with van der Waals surface area (Å²) in [6.07, 6.45) is 5.72. The van der Waals surface area contributed by atoms with E-state index in [1.54, 1.807) is 0 Å². The lowest BCUT2D eigenvalue weighted by Crippen LogP contribution is -2.55. The fourth-order valence-electron chi connectivity index (χ4n) is 5.61. The molecule has 0 spiro atoms. The van der Waals surface area contributed by atoms with Crippen LogP contribution in [0.15, 0.2) is 48.5 Å². The molecule has 2 aromatic rings. The Hall–Kier alpha value is -1.72. The van der Waals surface area contributed by atoms with Gasteiger partial charge in [-0.05, 0) is 49.3 Å². The van der Waals surface area contributed by atoms with Crippen molar-refractivity contribution >= 4 is 0 Å². The number of rotatable bonds is 9. The Morgan fingerprint density at radius 1 is 0.794 bits per heavy atom. The Kier molecular flexibility index (Phi) is 8.81. The molecule has 2 aromatic carbocycles. The van der Waals surface area contributed by atoms with Gasteiger partial charge in [0.2, 0.25) is 0 Å². The molecule has 2 aliphatic heterocycles. The molecular formula is C30H42O4. The van der Waals surface area contributed by atoms with Gasteiger partial charge in [0.15, 0.2) is 6.29 Å². The van der Waals surface area contributed by atoms with Crippen LogP contribution in [0.25, 0.3) is 0 Å². The summed E-state index contributed by atoms with van der Waals surface area (Å²) in [7, 11) is 0. The SMILES string of the molecule is CCCc1ccc(C2CC3C(C(C)O)OC(c4ccc(CCC)cc4)OC3C(CCC)O2)cc1. The normalized spacial score (nSPS) is 30.0. The highest BCUT2D eigenvalue weighted by molar-refractivity contribution is 5.26. The summed E-state index contributed by atoms with van der Waals surface area (Å²) in [4.78, 5) is 0. The second kappa shape index (κ2) is 11.8. The Morgan fingerprint density at radius 3 is 1.91 bits per heavy atom. The van der Waals surface area contributed by atoms with Gasteiger partial charge in [-0.2, -0.15) is 0 Å². The molecule has 2 saturated heterocycles. The summed E-state index contributed by atoms with van der Waals surface area (Å²) in [5.74, 6) is 0.0845. The Labute approximate surface area is 205 Å². The van der Waals surface area contributed by atoms with Crippen LogP contribution >= 0.6 is 0 Å². The summed E-state index contributed by atoms with van der Waals surface area (Å²) in [5.41, 5.74) is 4.90. The summed E-state index contributed by atoms with van der Waals surface area (Å²) in [6, 6.07) is 17.4. The average molecular weight is 467 g/mol. The molecule has 186 valence electrons. The van der Waals surface area contributed by atoms with E-state index in [0.717, 1.165) is 50.5 Å². The van der Waals surface area contributed by atoms with E-state index in [0.29, 0.717) is 0 Å². The van der Waals surface area contributed by atoms with E-state index >= 15 is 0 Å². The van der Waals surface area contributed by atoms with E-state index in [2.05, 4.69) is 69.3 Å². The molecule has 4 nitrogen and oxygen atoms in total. The molecule has 2 fully saturated rings. The highest BCUT2D eigenvalue weighted by Crippen LogP contribution is 2.46. The molecule has 0 aliphatic carbocycles. The van der Waals surface area contributed by atoms with Crippen molar-refractivity contribution in [3.8, 4) is 0 Å². The van der Waals surface area contributed by atoms with Crippen molar-refractivity contribution in [1.29, 1.82) is 0 Å². The van der Waals surface area contributed by atoms with Gasteiger partial charge in [-0.3, -0.25) is 0 Å². The molecule has 34 heavy (non-hydrogen) atoms. The molecule has 2 heterocycles. The van der Waals surface area contributed by atoms with Crippen LogP contribution in [0.3, 0.4) is 0 Å². The van der Waals surface area contributed by atoms with Crippen LogP contribution in [0, 0.1) is 5.92 Å². The smallest absolute Gasteiger partial charge is 0.184 e. The number of aryl methyl sites for hydroxylation is 2. The molecule has 0 bridgehead atoms. The molecule has 0 saturated carbocycles. The van der Waals surface area contributed by atoms with Gasteiger partial charge in [-0.25, -0.2) is 0 Å². The third-order valence-electron chi connectivity index (χ3n) is 7.33. The van der Waals surface area contributed by atoms with E-state index < -0.39 is 12.4 Å². The molecule has 0 aromatic heterocycles. The predicted molar refractivity (Wildman–Crippen MR) is 136 cm³/mol.